The first-order valence-corrected chi connectivity index (χ1v) is 10.6. The molecule has 0 fully saturated rings. The quantitative estimate of drug-likeness (QED) is 0.492. The van der Waals surface area contributed by atoms with Gasteiger partial charge in [-0.1, -0.05) is 54.6 Å². The summed E-state index contributed by atoms with van der Waals surface area (Å²) >= 11 is 0. The smallest absolute Gasteiger partial charge is 0.196 e. The highest BCUT2D eigenvalue weighted by molar-refractivity contribution is 5.91. The van der Waals surface area contributed by atoms with Crippen LogP contribution in [0.5, 0.6) is 5.88 Å². The molecule has 0 aliphatic carbocycles. The van der Waals surface area contributed by atoms with Crippen LogP contribution in [0.2, 0.25) is 0 Å². The van der Waals surface area contributed by atoms with Crippen LogP contribution in [0.4, 0.5) is 5.69 Å². The van der Waals surface area contributed by atoms with Crippen molar-refractivity contribution in [3.63, 3.8) is 0 Å². The molecule has 158 valence electrons. The Bertz CT molecular complexity index is 1470. The van der Waals surface area contributed by atoms with Gasteiger partial charge < -0.3 is 15.0 Å². The molecule has 0 atom stereocenters. The highest BCUT2D eigenvalue weighted by atomic mass is 16.3. The maximum atomic E-state index is 10.3. The number of hydrogen-bond acceptors (Lipinski definition) is 4. The molecule has 2 N–H and O–H groups in total. The summed E-state index contributed by atoms with van der Waals surface area (Å²) in [4.78, 5) is 5.17. The molecule has 0 unspecified atom stereocenters. The number of benzene rings is 3. The Morgan fingerprint density at radius 2 is 1.75 bits per heavy atom. The average Bonchev–Trinajstić information content (AvgIpc) is 3.33. The number of aromatic hydroxyl groups is 1. The first kappa shape index (κ1) is 20.0. The van der Waals surface area contributed by atoms with E-state index in [0.717, 1.165) is 50.4 Å². The lowest BCUT2D eigenvalue weighted by atomic mass is 10.1. The molecule has 5 heteroatoms. The van der Waals surface area contributed by atoms with Gasteiger partial charge in [-0.25, -0.2) is 0 Å². The molecule has 1 aliphatic rings. The number of azo groups is 1. The fraction of sp³-hybridized carbons (Fsp3) is 0.111. The van der Waals surface area contributed by atoms with E-state index in [4.69, 9.17) is 0 Å². The number of rotatable bonds is 5. The van der Waals surface area contributed by atoms with E-state index in [0.29, 0.717) is 0 Å². The number of aromatic amines is 1. The van der Waals surface area contributed by atoms with Gasteiger partial charge in [-0.15, -0.1) is 10.2 Å². The van der Waals surface area contributed by atoms with Crippen molar-refractivity contribution in [1.82, 2.24) is 9.88 Å². The third kappa shape index (κ3) is 3.98. The van der Waals surface area contributed by atoms with Crippen LogP contribution in [0.3, 0.4) is 0 Å². The summed E-state index contributed by atoms with van der Waals surface area (Å²) in [5, 5.41) is 22.0. The molecular formula is C27H24N4O. The third-order valence-electron chi connectivity index (χ3n) is 5.51. The summed E-state index contributed by atoms with van der Waals surface area (Å²) in [6.07, 6.45) is 6.03. The minimum Gasteiger partial charge on any atom is -0.494 e. The van der Waals surface area contributed by atoms with Crippen LogP contribution >= 0.6 is 0 Å². The molecule has 0 radical (unpaired) electrons. The zero-order chi connectivity index (χ0) is 22.1. The van der Waals surface area contributed by atoms with Gasteiger partial charge in [0.05, 0.1) is 11.4 Å². The molecule has 0 amide bonds. The van der Waals surface area contributed by atoms with Crippen molar-refractivity contribution in [1.29, 1.82) is 0 Å². The molecule has 0 spiro atoms. The lowest BCUT2D eigenvalue weighted by Gasteiger charge is -2.09. The van der Waals surface area contributed by atoms with Crippen molar-refractivity contribution >= 4 is 34.4 Å². The van der Waals surface area contributed by atoms with Crippen LogP contribution in [0.15, 0.2) is 83.0 Å². The van der Waals surface area contributed by atoms with E-state index in [9.17, 15) is 5.11 Å². The van der Waals surface area contributed by atoms with E-state index in [-0.39, 0.29) is 5.88 Å². The zero-order valence-electron chi connectivity index (χ0n) is 18.1. The van der Waals surface area contributed by atoms with Crippen molar-refractivity contribution in [3.8, 4) is 5.88 Å². The zero-order valence-corrected chi connectivity index (χ0v) is 18.1. The lowest BCUT2D eigenvalue weighted by molar-refractivity contribution is 0.402. The molecule has 5 rings (SSSR count). The molecule has 2 heterocycles. The van der Waals surface area contributed by atoms with Crippen molar-refractivity contribution in [2.45, 2.75) is 6.54 Å². The average molecular weight is 421 g/mol. The second-order valence-corrected chi connectivity index (χ2v) is 8.25. The first-order chi connectivity index (χ1) is 15.6. The summed E-state index contributed by atoms with van der Waals surface area (Å²) in [7, 11) is 4.14. The van der Waals surface area contributed by atoms with Gasteiger partial charge in [0, 0.05) is 28.2 Å². The molecule has 32 heavy (non-hydrogen) atoms. The highest BCUT2D eigenvalue weighted by Crippen LogP contribution is 2.27. The van der Waals surface area contributed by atoms with Gasteiger partial charge in [-0.05, 0) is 60.8 Å². The third-order valence-corrected chi connectivity index (χ3v) is 5.51. The SMILES string of the molecule is CN(C)Cc1ccc(/C=C/C2=c3ccc(=Cc4c(O)[nH]c5ccccc45)cc3N=N2)cc1. The fourth-order valence-corrected chi connectivity index (χ4v) is 3.96. The molecule has 4 aromatic rings. The fourth-order valence-electron chi connectivity index (χ4n) is 3.96. The number of nitrogens with zero attached hydrogens (tertiary/aromatic N) is 3. The summed E-state index contributed by atoms with van der Waals surface area (Å²) in [5.74, 6) is 0.167. The van der Waals surface area contributed by atoms with Crippen molar-refractivity contribution in [2.75, 3.05) is 14.1 Å². The Morgan fingerprint density at radius 1 is 0.938 bits per heavy atom. The number of nitrogens with one attached hydrogen (secondary N) is 1. The molecule has 0 saturated carbocycles. The maximum absolute atomic E-state index is 10.3. The van der Waals surface area contributed by atoms with Gasteiger partial charge in [-0.3, -0.25) is 0 Å². The summed E-state index contributed by atoms with van der Waals surface area (Å²) < 4.78 is 0. The monoisotopic (exact) mass is 420 g/mol. The van der Waals surface area contributed by atoms with E-state index in [1.54, 1.807) is 0 Å². The topological polar surface area (TPSA) is 64.0 Å². The van der Waals surface area contributed by atoms with Gasteiger partial charge in [0.15, 0.2) is 5.88 Å². The minimum atomic E-state index is 0.167. The normalized spacial score (nSPS) is 13.7. The van der Waals surface area contributed by atoms with Crippen LogP contribution in [-0.4, -0.2) is 29.1 Å². The summed E-state index contributed by atoms with van der Waals surface area (Å²) in [5.41, 5.74) is 5.78. The van der Waals surface area contributed by atoms with Gasteiger partial charge in [0.1, 0.15) is 0 Å². The lowest BCUT2D eigenvalue weighted by Crippen LogP contribution is -2.10. The molecule has 5 nitrogen and oxygen atoms in total. The minimum absolute atomic E-state index is 0.167. The van der Waals surface area contributed by atoms with Crippen molar-refractivity contribution in [2.24, 2.45) is 10.2 Å². The number of para-hydroxylation sites is 1. The van der Waals surface area contributed by atoms with Crippen LogP contribution in [0, 0.1) is 0 Å². The molecule has 1 aromatic heterocycles. The van der Waals surface area contributed by atoms with Crippen molar-refractivity contribution < 1.29 is 5.11 Å². The van der Waals surface area contributed by atoms with E-state index in [1.807, 2.05) is 54.6 Å². The maximum Gasteiger partial charge on any atom is 0.196 e. The largest absolute Gasteiger partial charge is 0.494 e. The second-order valence-electron chi connectivity index (χ2n) is 8.25. The van der Waals surface area contributed by atoms with Crippen LogP contribution < -0.4 is 10.4 Å². The standard InChI is InChI=1S/C27H24N4O/c1-31(2)17-19-9-7-18(8-10-19)12-14-25-22-13-11-20(16-26(22)30-29-25)15-23-21-5-3-4-6-24(21)28-27(23)32/h3-16,28,32H,17H2,1-2H3/b14-12+,20-15?. The van der Waals surface area contributed by atoms with E-state index >= 15 is 0 Å². The van der Waals surface area contributed by atoms with Crippen LogP contribution in [0.1, 0.15) is 16.7 Å². The van der Waals surface area contributed by atoms with Gasteiger partial charge in [0.2, 0.25) is 0 Å². The van der Waals surface area contributed by atoms with E-state index < -0.39 is 0 Å². The van der Waals surface area contributed by atoms with Gasteiger partial charge >= 0.3 is 0 Å². The summed E-state index contributed by atoms with van der Waals surface area (Å²) in [6.45, 7) is 0.929. The first-order valence-electron chi connectivity index (χ1n) is 10.6. The number of fused-ring (bicyclic) bond motifs is 2. The summed E-state index contributed by atoms with van der Waals surface area (Å²) in [6, 6.07) is 22.5. The molecule has 3 aromatic carbocycles. The Hall–Kier alpha value is -3.96. The van der Waals surface area contributed by atoms with Crippen LogP contribution in [-0.2, 0) is 6.54 Å². The molecule has 0 bridgehead atoms. The predicted octanol–water partition coefficient (Wildman–Crippen LogP) is 4.68. The molecule has 0 saturated heterocycles. The Labute approximate surface area is 186 Å². The van der Waals surface area contributed by atoms with E-state index in [1.165, 1.54) is 5.56 Å². The Kier molecular flexibility index (Phi) is 5.17. The molecular weight excluding hydrogens is 396 g/mol. The molecule has 1 aliphatic heterocycles. The Morgan fingerprint density at radius 3 is 2.56 bits per heavy atom. The second kappa shape index (κ2) is 8.29. The number of aromatic nitrogens is 1. The van der Waals surface area contributed by atoms with Crippen LogP contribution in [0.25, 0.3) is 28.8 Å². The van der Waals surface area contributed by atoms with Gasteiger partial charge in [0.25, 0.3) is 0 Å². The predicted molar refractivity (Wildman–Crippen MR) is 130 cm³/mol. The highest BCUT2D eigenvalue weighted by Gasteiger charge is 2.09. The number of H-pyrrole nitrogens is 1. The van der Waals surface area contributed by atoms with Gasteiger partial charge in [-0.2, -0.15) is 0 Å². The van der Waals surface area contributed by atoms with E-state index in [2.05, 4.69) is 64.5 Å². The van der Waals surface area contributed by atoms with Crippen molar-refractivity contribution in [3.05, 3.63) is 99.9 Å². The Balaban J connectivity index is 1.44. The number of hydrogen-bond donors (Lipinski definition) is 2.